The molecule has 2 rings (SSSR count). The lowest BCUT2D eigenvalue weighted by Crippen LogP contribution is -2.46. The number of anilines is 1. The SMILES string of the molecule is CCS(=O)(=O)c1cccnc1-c1ccc(N(C)CC(F)(F)C(F)(F)F)cn1. The standard InChI is InChI=1S/C16H16F5N3O2S/c1-3-27(25,26)13-5-4-8-22-14(13)12-7-6-11(9-23-12)24(2)10-15(17,18)16(19,20)21/h4-9H,3,10H2,1-2H3. The fraction of sp³-hybridized carbons (Fsp3) is 0.375. The van der Waals surface area contributed by atoms with Crippen LogP contribution in [0.15, 0.2) is 41.6 Å². The van der Waals surface area contributed by atoms with Crippen molar-refractivity contribution in [2.75, 3.05) is 24.2 Å². The van der Waals surface area contributed by atoms with Gasteiger partial charge in [-0.1, -0.05) is 6.92 Å². The van der Waals surface area contributed by atoms with Crippen molar-refractivity contribution < 1.29 is 30.4 Å². The van der Waals surface area contributed by atoms with E-state index in [0.29, 0.717) is 4.90 Å². The van der Waals surface area contributed by atoms with Crippen molar-refractivity contribution in [2.24, 2.45) is 0 Å². The molecule has 148 valence electrons. The third kappa shape index (κ3) is 4.52. The highest BCUT2D eigenvalue weighted by molar-refractivity contribution is 7.91. The van der Waals surface area contributed by atoms with Gasteiger partial charge in [-0.25, -0.2) is 8.42 Å². The fourth-order valence-electron chi connectivity index (χ4n) is 2.22. The molecule has 0 bridgehead atoms. The van der Waals surface area contributed by atoms with Gasteiger partial charge >= 0.3 is 12.1 Å². The molecule has 0 aliphatic heterocycles. The summed E-state index contributed by atoms with van der Waals surface area (Å²) in [5.74, 6) is -5.04. The van der Waals surface area contributed by atoms with Gasteiger partial charge in [0.15, 0.2) is 9.84 Å². The average Bonchev–Trinajstić information content (AvgIpc) is 2.60. The Balaban J connectivity index is 2.32. The lowest BCUT2D eigenvalue weighted by atomic mass is 10.2. The Morgan fingerprint density at radius 1 is 1.07 bits per heavy atom. The lowest BCUT2D eigenvalue weighted by molar-refractivity contribution is -0.276. The number of hydrogen-bond acceptors (Lipinski definition) is 5. The second-order valence-corrected chi connectivity index (χ2v) is 7.96. The molecule has 5 nitrogen and oxygen atoms in total. The first-order valence-electron chi connectivity index (χ1n) is 7.69. The van der Waals surface area contributed by atoms with Crippen LogP contribution >= 0.6 is 0 Å². The van der Waals surface area contributed by atoms with E-state index in [0.717, 1.165) is 13.2 Å². The Kier molecular flexibility index (Phi) is 5.74. The molecule has 0 saturated carbocycles. The normalized spacial score (nSPS) is 12.9. The Bertz CT molecular complexity index is 899. The zero-order valence-corrected chi connectivity index (χ0v) is 15.2. The van der Waals surface area contributed by atoms with E-state index in [1.54, 1.807) is 0 Å². The van der Waals surface area contributed by atoms with Gasteiger partial charge in [0.2, 0.25) is 0 Å². The highest BCUT2D eigenvalue weighted by atomic mass is 32.2. The Hall–Kier alpha value is -2.30. The molecular formula is C16H16F5N3O2S. The van der Waals surface area contributed by atoms with Crippen LogP contribution < -0.4 is 4.90 Å². The summed E-state index contributed by atoms with van der Waals surface area (Å²) in [7, 11) is -2.51. The number of halogens is 5. The van der Waals surface area contributed by atoms with Crippen LogP contribution in [-0.2, 0) is 9.84 Å². The summed E-state index contributed by atoms with van der Waals surface area (Å²) in [5, 5.41) is 0. The van der Waals surface area contributed by atoms with E-state index in [1.807, 2.05) is 0 Å². The third-order valence-electron chi connectivity index (χ3n) is 3.77. The maximum atomic E-state index is 13.2. The minimum atomic E-state index is -5.66. The number of nitrogens with zero attached hydrogens (tertiary/aromatic N) is 3. The number of hydrogen-bond donors (Lipinski definition) is 0. The smallest absolute Gasteiger partial charge is 0.367 e. The van der Waals surface area contributed by atoms with Gasteiger partial charge in [0.1, 0.15) is 5.69 Å². The molecule has 0 amide bonds. The maximum absolute atomic E-state index is 13.2. The molecule has 2 heterocycles. The predicted octanol–water partition coefficient (Wildman–Crippen LogP) is 3.57. The zero-order chi connectivity index (χ0) is 20.5. The van der Waals surface area contributed by atoms with Crippen LogP contribution in [0.5, 0.6) is 0 Å². The summed E-state index contributed by atoms with van der Waals surface area (Å²) in [6, 6.07) is 5.40. The van der Waals surface area contributed by atoms with E-state index in [-0.39, 0.29) is 27.7 Å². The Morgan fingerprint density at radius 2 is 1.74 bits per heavy atom. The Morgan fingerprint density at radius 3 is 2.26 bits per heavy atom. The highest BCUT2D eigenvalue weighted by Crippen LogP contribution is 2.36. The van der Waals surface area contributed by atoms with Crippen molar-refractivity contribution in [3.63, 3.8) is 0 Å². The van der Waals surface area contributed by atoms with Crippen LogP contribution in [0.3, 0.4) is 0 Å². The molecule has 0 aliphatic carbocycles. The summed E-state index contributed by atoms with van der Waals surface area (Å²) in [6.07, 6.45) is -3.21. The lowest BCUT2D eigenvalue weighted by Gasteiger charge is -2.26. The quantitative estimate of drug-likeness (QED) is 0.683. The predicted molar refractivity (Wildman–Crippen MR) is 89.5 cm³/mol. The van der Waals surface area contributed by atoms with E-state index in [1.165, 1.54) is 37.4 Å². The van der Waals surface area contributed by atoms with Crippen molar-refractivity contribution in [1.29, 1.82) is 0 Å². The molecule has 27 heavy (non-hydrogen) atoms. The topological polar surface area (TPSA) is 63.2 Å². The molecule has 11 heteroatoms. The van der Waals surface area contributed by atoms with Gasteiger partial charge in [-0.3, -0.25) is 9.97 Å². The molecule has 0 aromatic carbocycles. The number of alkyl halides is 5. The van der Waals surface area contributed by atoms with Gasteiger partial charge in [-0.2, -0.15) is 22.0 Å². The number of pyridine rings is 2. The van der Waals surface area contributed by atoms with Crippen LogP contribution in [-0.4, -0.2) is 49.8 Å². The molecule has 0 fully saturated rings. The van der Waals surface area contributed by atoms with Gasteiger partial charge in [0, 0.05) is 13.2 Å². The van der Waals surface area contributed by atoms with Crippen molar-refractivity contribution in [1.82, 2.24) is 9.97 Å². The van der Waals surface area contributed by atoms with Crippen molar-refractivity contribution in [3.05, 3.63) is 36.7 Å². The van der Waals surface area contributed by atoms with E-state index in [4.69, 9.17) is 0 Å². The maximum Gasteiger partial charge on any atom is 0.455 e. The second-order valence-electron chi connectivity index (χ2n) is 5.71. The molecule has 2 aromatic rings. The number of rotatable bonds is 6. The largest absolute Gasteiger partial charge is 0.455 e. The van der Waals surface area contributed by atoms with Crippen molar-refractivity contribution in [3.8, 4) is 11.4 Å². The number of sulfone groups is 1. The molecule has 0 aliphatic rings. The van der Waals surface area contributed by atoms with Gasteiger partial charge in [-0.05, 0) is 24.3 Å². The highest BCUT2D eigenvalue weighted by Gasteiger charge is 2.57. The van der Waals surface area contributed by atoms with E-state index in [2.05, 4.69) is 9.97 Å². The van der Waals surface area contributed by atoms with E-state index < -0.39 is 28.5 Å². The minimum Gasteiger partial charge on any atom is -0.367 e. The Labute approximate surface area is 152 Å². The molecule has 0 atom stereocenters. The first-order chi connectivity index (χ1) is 12.4. The fourth-order valence-corrected chi connectivity index (χ4v) is 3.27. The molecule has 0 radical (unpaired) electrons. The van der Waals surface area contributed by atoms with Crippen LogP contribution in [0.4, 0.5) is 27.6 Å². The van der Waals surface area contributed by atoms with Gasteiger partial charge in [-0.15, -0.1) is 0 Å². The first kappa shape index (κ1) is 21.0. The summed E-state index contributed by atoms with van der Waals surface area (Å²) in [6.45, 7) is -0.102. The number of aromatic nitrogens is 2. The molecule has 2 aromatic heterocycles. The van der Waals surface area contributed by atoms with Crippen LogP contribution in [0, 0.1) is 0 Å². The molecular weight excluding hydrogens is 393 g/mol. The first-order valence-corrected chi connectivity index (χ1v) is 9.34. The van der Waals surface area contributed by atoms with E-state index in [9.17, 15) is 30.4 Å². The molecule has 0 saturated heterocycles. The van der Waals surface area contributed by atoms with Crippen LogP contribution in [0.1, 0.15) is 6.92 Å². The molecule has 0 N–H and O–H groups in total. The monoisotopic (exact) mass is 409 g/mol. The summed E-state index contributed by atoms with van der Waals surface area (Å²) < 4.78 is 87.6. The van der Waals surface area contributed by atoms with Crippen molar-refractivity contribution >= 4 is 15.5 Å². The third-order valence-corrected chi connectivity index (χ3v) is 5.53. The average molecular weight is 409 g/mol. The summed E-state index contributed by atoms with van der Waals surface area (Å²) >= 11 is 0. The van der Waals surface area contributed by atoms with Crippen molar-refractivity contribution in [2.45, 2.75) is 23.9 Å². The summed E-state index contributed by atoms with van der Waals surface area (Å²) in [5.41, 5.74) is 0.245. The second kappa shape index (κ2) is 7.37. The van der Waals surface area contributed by atoms with Gasteiger partial charge in [0.05, 0.1) is 34.8 Å². The molecule has 0 spiro atoms. The zero-order valence-electron chi connectivity index (χ0n) is 14.3. The summed E-state index contributed by atoms with van der Waals surface area (Å²) in [4.78, 5) is 8.66. The van der Waals surface area contributed by atoms with Crippen LogP contribution in [0.25, 0.3) is 11.4 Å². The molecule has 0 unspecified atom stereocenters. The minimum absolute atomic E-state index is 0.0125. The van der Waals surface area contributed by atoms with Crippen LogP contribution in [0.2, 0.25) is 0 Å². The van der Waals surface area contributed by atoms with Gasteiger partial charge < -0.3 is 4.90 Å². The van der Waals surface area contributed by atoms with Gasteiger partial charge in [0.25, 0.3) is 0 Å². The van der Waals surface area contributed by atoms with E-state index >= 15 is 0 Å².